The summed E-state index contributed by atoms with van der Waals surface area (Å²) in [4.78, 5) is 13.2. The average molecular weight is 530 g/mol. The van der Waals surface area contributed by atoms with Gasteiger partial charge in [-0.3, -0.25) is 0 Å². The van der Waals surface area contributed by atoms with Gasteiger partial charge in [-0.25, -0.2) is 14.4 Å². The first-order valence-electron chi connectivity index (χ1n) is 12.5. The second-order valence-corrected chi connectivity index (χ2v) is 9.87. The Labute approximate surface area is 218 Å². The minimum absolute atomic E-state index is 0.00660. The number of halogens is 3. The maximum atomic E-state index is 14.0. The molecule has 4 heterocycles. The zero-order valence-corrected chi connectivity index (χ0v) is 21.7. The standard InChI is InChI=1S/C26H30F3N7O2/c1-16-14-35(15-17(2)38-16)25-33-32-23-13-30-21-8-7-20(31-24(21)36(23)25)18-6-9-22(19(12-18)26(27,28)29)37-11-5-10-34(3)4/h6-9,12-13,16-17H,5,10-11,14-15H2,1-4H3/t16-,17+. The lowest BCUT2D eigenvalue weighted by Crippen LogP contribution is -2.46. The number of hydrogen-bond acceptors (Lipinski definition) is 8. The van der Waals surface area contributed by atoms with E-state index in [9.17, 15) is 13.2 Å². The zero-order chi connectivity index (χ0) is 27.0. The molecule has 0 aliphatic carbocycles. The molecule has 1 fully saturated rings. The predicted molar refractivity (Wildman–Crippen MR) is 137 cm³/mol. The van der Waals surface area contributed by atoms with E-state index in [0.29, 0.717) is 53.5 Å². The number of fused-ring (bicyclic) bond motifs is 3. The summed E-state index contributed by atoms with van der Waals surface area (Å²) in [6.45, 7) is 6.15. The van der Waals surface area contributed by atoms with Crippen molar-refractivity contribution in [3.05, 3.63) is 42.1 Å². The molecule has 0 amide bonds. The largest absolute Gasteiger partial charge is 0.493 e. The summed E-state index contributed by atoms with van der Waals surface area (Å²) >= 11 is 0. The highest BCUT2D eigenvalue weighted by Crippen LogP contribution is 2.39. The van der Waals surface area contributed by atoms with Gasteiger partial charge in [0.2, 0.25) is 5.95 Å². The predicted octanol–water partition coefficient (Wildman–Crippen LogP) is 4.30. The van der Waals surface area contributed by atoms with Crippen molar-refractivity contribution in [2.75, 3.05) is 45.2 Å². The van der Waals surface area contributed by atoms with Gasteiger partial charge in [-0.15, -0.1) is 10.2 Å². The van der Waals surface area contributed by atoms with Crippen molar-refractivity contribution in [2.24, 2.45) is 0 Å². The first-order chi connectivity index (χ1) is 18.1. The van der Waals surface area contributed by atoms with Crippen LogP contribution in [0.5, 0.6) is 5.75 Å². The van der Waals surface area contributed by atoms with Crippen LogP contribution in [0.1, 0.15) is 25.8 Å². The molecule has 202 valence electrons. The summed E-state index contributed by atoms with van der Waals surface area (Å²) in [6.07, 6.45) is -2.34. The van der Waals surface area contributed by atoms with Crippen LogP contribution in [0, 0.1) is 0 Å². The van der Waals surface area contributed by atoms with Crippen molar-refractivity contribution in [3.63, 3.8) is 0 Å². The molecule has 0 unspecified atom stereocenters. The molecule has 1 aliphatic heterocycles. The quantitative estimate of drug-likeness (QED) is 0.328. The normalized spacial score (nSPS) is 18.6. The molecule has 38 heavy (non-hydrogen) atoms. The van der Waals surface area contributed by atoms with Crippen molar-refractivity contribution < 1.29 is 22.6 Å². The lowest BCUT2D eigenvalue weighted by atomic mass is 10.1. The first kappa shape index (κ1) is 26.1. The summed E-state index contributed by atoms with van der Waals surface area (Å²) in [5.41, 5.74) is 1.40. The molecule has 12 heteroatoms. The molecular formula is C26H30F3N7O2. The Morgan fingerprint density at radius 2 is 1.84 bits per heavy atom. The Morgan fingerprint density at radius 3 is 2.55 bits per heavy atom. The Bertz CT molecular complexity index is 1430. The minimum atomic E-state index is -4.58. The van der Waals surface area contributed by atoms with Crippen LogP contribution in [0.15, 0.2) is 36.5 Å². The summed E-state index contributed by atoms with van der Waals surface area (Å²) in [5, 5.41) is 8.64. The highest BCUT2D eigenvalue weighted by atomic mass is 19.4. The molecule has 3 aromatic heterocycles. The lowest BCUT2D eigenvalue weighted by Gasteiger charge is -2.35. The molecule has 9 nitrogen and oxygen atoms in total. The van der Waals surface area contributed by atoms with Crippen molar-refractivity contribution in [2.45, 2.75) is 38.7 Å². The molecule has 0 N–H and O–H groups in total. The first-order valence-corrected chi connectivity index (χ1v) is 12.5. The van der Waals surface area contributed by atoms with Crippen molar-refractivity contribution in [1.29, 1.82) is 0 Å². The van der Waals surface area contributed by atoms with E-state index in [0.717, 1.165) is 12.6 Å². The van der Waals surface area contributed by atoms with Crippen LogP contribution in [0.2, 0.25) is 0 Å². The molecule has 5 rings (SSSR count). The molecule has 2 atom stereocenters. The average Bonchev–Trinajstić information content (AvgIpc) is 3.30. The molecule has 0 bridgehead atoms. The molecule has 1 aromatic carbocycles. The molecular weight excluding hydrogens is 499 g/mol. The molecule has 0 radical (unpaired) electrons. The molecule has 0 saturated carbocycles. The number of nitrogens with zero attached hydrogens (tertiary/aromatic N) is 7. The second-order valence-electron chi connectivity index (χ2n) is 9.87. The van der Waals surface area contributed by atoms with Gasteiger partial charge in [0.05, 0.1) is 36.3 Å². The van der Waals surface area contributed by atoms with Crippen molar-refractivity contribution in [3.8, 4) is 17.0 Å². The van der Waals surface area contributed by atoms with Crippen LogP contribution in [-0.4, -0.2) is 82.0 Å². The monoisotopic (exact) mass is 529 g/mol. The van der Waals surface area contributed by atoms with Gasteiger partial charge in [-0.1, -0.05) is 0 Å². The molecule has 1 aliphatic rings. The van der Waals surface area contributed by atoms with Gasteiger partial charge in [0.15, 0.2) is 11.3 Å². The van der Waals surface area contributed by atoms with Crippen LogP contribution < -0.4 is 9.64 Å². The van der Waals surface area contributed by atoms with Crippen molar-refractivity contribution in [1.82, 2.24) is 29.5 Å². The van der Waals surface area contributed by atoms with Crippen LogP contribution in [-0.2, 0) is 10.9 Å². The lowest BCUT2D eigenvalue weighted by molar-refractivity contribution is -0.138. The van der Waals surface area contributed by atoms with Crippen LogP contribution in [0.25, 0.3) is 28.1 Å². The van der Waals surface area contributed by atoms with E-state index >= 15 is 0 Å². The van der Waals surface area contributed by atoms with E-state index in [1.807, 2.05) is 32.8 Å². The number of morpholine rings is 1. The Balaban J connectivity index is 1.54. The van der Waals surface area contributed by atoms with Gasteiger partial charge in [0.25, 0.3) is 0 Å². The Kier molecular flexibility index (Phi) is 7.10. The van der Waals surface area contributed by atoms with Crippen molar-refractivity contribution >= 4 is 22.8 Å². The van der Waals surface area contributed by atoms with Gasteiger partial charge >= 0.3 is 6.18 Å². The SMILES string of the molecule is C[C@@H]1CN(c2nnc3cnc4ccc(-c5ccc(OCCCN(C)C)c(C(F)(F)F)c5)nc4n23)C[C@H](C)O1. The fraction of sp³-hybridized carbons (Fsp3) is 0.462. The van der Waals surface area contributed by atoms with Gasteiger partial charge in [-0.05, 0) is 64.7 Å². The third kappa shape index (κ3) is 5.37. The van der Waals surface area contributed by atoms with E-state index in [-0.39, 0.29) is 24.6 Å². The third-order valence-corrected chi connectivity index (χ3v) is 6.35. The number of hydrogen-bond donors (Lipinski definition) is 0. The molecule has 0 spiro atoms. The van der Waals surface area contributed by atoms with Crippen LogP contribution in [0.4, 0.5) is 19.1 Å². The summed E-state index contributed by atoms with van der Waals surface area (Å²) in [6, 6.07) is 7.44. The highest BCUT2D eigenvalue weighted by molar-refractivity contribution is 5.79. The topological polar surface area (TPSA) is 80.9 Å². The summed E-state index contributed by atoms with van der Waals surface area (Å²) in [7, 11) is 3.81. The van der Waals surface area contributed by atoms with E-state index in [2.05, 4.69) is 20.1 Å². The van der Waals surface area contributed by atoms with Gasteiger partial charge < -0.3 is 19.3 Å². The van der Waals surface area contributed by atoms with E-state index in [1.165, 1.54) is 6.07 Å². The smallest absolute Gasteiger partial charge is 0.419 e. The number of benzene rings is 1. The van der Waals surface area contributed by atoms with Gasteiger partial charge in [-0.2, -0.15) is 13.2 Å². The number of rotatable bonds is 7. The van der Waals surface area contributed by atoms with Crippen LogP contribution in [0.3, 0.4) is 0 Å². The minimum Gasteiger partial charge on any atom is -0.493 e. The number of aromatic nitrogens is 5. The maximum absolute atomic E-state index is 14.0. The van der Waals surface area contributed by atoms with E-state index in [4.69, 9.17) is 14.5 Å². The molecule has 4 aromatic rings. The van der Waals surface area contributed by atoms with Crippen LogP contribution >= 0.6 is 0 Å². The van der Waals surface area contributed by atoms with E-state index in [1.54, 1.807) is 28.8 Å². The number of anilines is 1. The summed E-state index contributed by atoms with van der Waals surface area (Å²) in [5.74, 6) is 0.401. The summed E-state index contributed by atoms with van der Waals surface area (Å²) < 4.78 is 55.1. The van der Waals surface area contributed by atoms with E-state index < -0.39 is 11.7 Å². The third-order valence-electron chi connectivity index (χ3n) is 6.35. The number of alkyl halides is 3. The fourth-order valence-corrected chi connectivity index (χ4v) is 4.71. The zero-order valence-electron chi connectivity index (χ0n) is 21.7. The fourth-order valence-electron chi connectivity index (χ4n) is 4.71. The number of ether oxygens (including phenoxy) is 2. The maximum Gasteiger partial charge on any atom is 0.419 e. The Hall–Kier alpha value is -3.51. The number of pyridine rings is 1. The second kappa shape index (κ2) is 10.3. The van der Waals surface area contributed by atoms with Gasteiger partial charge in [0.1, 0.15) is 11.3 Å². The van der Waals surface area contributed by atoms with Gasteiger partial charge in [0, 0.05) is 25.2 Å². The molecule has 1 saturated heterocycles. The Morgan fingerprint density at radius 1 is 1.08 bits per heavy atom. The highest BCUT2D eigenvalue weighted by Gasteiger charge is 2.35.